The topological polar surface area (TPSA) is 67.9 Å². The van der Waals surface area contributed by atoms with Crippen molar-refractivity contribution < 1.29 is 19.1 Å². The van der Waals surface area contributed by atoms with Gasteiger partial charge in [0, 0.05) is 13.5 Å². The van der Waals surface area contributed by atoms with Crippen molar-refractivity contribution in [1.29, 1.82) is 0 Å². The largest absolute Gasteiger partial charge is 0.494 e. The lowest BCUT2D eigenvalue weighted by molar-refractivity contribution is -0.128. The molecule has 1 heterocycles. The van der Waals surface area contributed by atoms with Crippen LogP contribution in [0.4, 0.5) is 5.69 Å². The SMILES string of the molecule is CNC(=O)[C@H]1CN(C(=O)CCCOc2ccc(C)cc2)c2ccccc2O1. The minimum Gasteiger partial charge on any atom is -0.494 e. The molecule has 0 bridgehead atoms. The first-order valence-corrected chi connectivity index (χ1v) is 9.05. The highest BCUT2D eigenvalue weighted by Gasteiger charge is 2.32. The van der Waals surface area contributed by atoms with Crippen LogP contribution in [0.25, 0.3) is 0 Å². The second-order valence-electron chi connectivity index (χ2n) is 6.46. The average Bonchev–Trinajstić information content (AvgIpc) is 2.70. The highest BCUT2D eigenvalue weighted by molar-refractivity contribution is 5.97. The highest BCUT2D eigenvalue weighted by Crippen LogP contribution is 2.33. The van der Waals surface area contributed by atoms with Crippen LogP contribution in [-0.4, -0.2) is 38.1 Å². The third-order valence-electron chi connectivity index (χ3n) is 4.44. The van der Waals surface area contributed by atoms with Crippen molar-refractivity contribution >= 4 is 17.5 Å². The Balaban J connectivity index is 1.59. The predicted molar refractivity (Wildman–Crippen MR) is 103 cm³/mol. The van der Waals surface area contributed by atoms with Gasteiger partial charge in [0.15, 0.2) is 6.10 Å². The number of hydrogen-bond acceptors (Lipinski definition) is 4. The Kier molecular flexibility index (Phi) is 5.96. The average molecular weight is 368 g/mol. The fourth-order valence-corrected chi connectivity index (χ4v) is 2.95. The zero-order valence-electron chi connectivity index (χ0n) is 15.6. The number of likely N-dealkylation sites (N-methyl/N-ethyl adjacent to an activating group) is 1. The zero-order valence-corrected chi connectivity index (χ0v) is 15.6. The number of hydrogen-bond donors (Lipinski definition) is 1. The predicted octanol–water partition coefficient (Wildman–Crippen LogP) is 2.69. The molecule has 142 valence electrons. The number of para-hydroxylation sites is 2. The first kappa shape index (κ1) is 18.8. The summed E-state index contributed by atoms with van der Waals surface area (Å²) >= 11 is 0. The zero-order chi connectivity index (χ0) is 19.2. The Hall–Kier alpha value is -3.02. The van der Waals surface area contributed by atoms with Crippen LogP contribution in [0.3, 0.4) is 0 Å². The van der Waals surface area contributed by atoms with E-state index in [0.717, 1.165) is 5.75 Å². The van der Waals surface area contributed by atoms with E-state index in [4.69, 9.17) is 9.47 Å². The van der Waals surface area contributed by atoms with E-state index >= 15 is 0 Å². The quantitative estimate of drug-likeness (QED) is 0.796. The minimum absolute atomic E-state index is 0.0489. The number of benzene rings is 2. The molecule has 6 heteroatoms. The molecule has 1 N–H and O–H groups in total. The van der Waals surface area contributed by atoms with Crippen LogP contribution >= 0.6 is 0 Å². The number of anilines is 1. The smallest absolute Gasteiger partial charge is 0.262 e. The lowest BCUT2D eigenvalue weighted by atomic mass is 10.1. The van der Waals surface area contributed by atoms with Crippen LogP contribution in [0.1, 0.15) is 18.4 Å². The van der Waals surface area contributed by atoms with Crippen molar-refractivity contribution in [2.75, 3.05) is 25.1 Å². The van der Waals surface area contributed by atoms with E-state index in [0.29, 0.717) is 30.9 Å². The number of aryl methyl sites for hydroxylation is 1. The van der Waals surface area contributed by atoms with Gasteiger partial charge in [0.25, 0.3) is 5.91 Å². The number of nitrogens with one attached hydrogen (secondary N) is 1. The van der Waals surface area contributed by atoms with E-state index in [-0.39, 0.29) is 18.4 Å². The third-order valence-corrected chi connectivity index (χ3v) is 4.44. The Morgan fingerprint density at radius 1 is 1.19 bits per heavy atom. The molecule has 1 aliphatic heterocycles. The van der Waals surface area contributed by atoms with E-state index in [1.807, 2.05) is 49.4 Å². The summed E-state index contributed by atoms with van der Waals surface area (Å²) in [7, 11) is 1.56. The number of amides is 2. The molecule has 27 heavy (non-hydrogen) atoms. The van der Waals surface area contributed by atoms with Crippen molar-refractivity contribution in [1.82, 2.24) is 5.32 Å². The molecule has 2 aromatic carbocycles. The molecule has 0 spiro atoms. The van der Waals surface area contributed by atoms with Crippen LogP contribution in [0.15, 0.2) is 48.5 Å². The standard InChI is InChI=1S/C21H24N2O4/c1-15-9-11-16(12-10-15)26-13-5-8-20(24)23-14-19(21(25)22-2)27-18-7-4-3-6-17(18)23/h3-4,6-7,9-12,19H,5,8,13-14H2,1-2H3,(H,22,25)/t19-/m1/s1. The molecule has 1 aliphatic rings. The van der Waals surface area contributed by atoms with Crippen LogP contribution in [0, 0.1) is 6.92 Å². The van der Waals surface area contributed by atoms with Crippen molar-refractivity contribution in [2.45, 2.75) is 25.9 Å². The number of fused-ring (bicyclic) bond motifs is 1. The molecule has 2 aromatic rings. The van der Waals surface area contributed by atoms with Crippen LogP contribution in [0.2, 0.25) is 0 Å². The number of ether oxygens (including phenoxy) is 2. The summed E-state index contributed by atoms with van der Waals surface area (Å²) in [5, 5.41) is 2.58. The number of carbonyl (C=O) groups is 2. The minimum atomic E-state index is -0.711. The number of carbonyl (C=O) groups excluding carboxylic acids is 2. The van der Waals surface area contributed by atoms with Crippen LogP contribution in [0.5, 0.6) is 11.5 Å². The summed E-state index contributed by atoms with van der Waals surface area (Å²) in [5.74, 6) is 1.04. The summed E-state index contributed by atoms with van der Waals surface area (Å²) in [5.41, 5.74) is 1.87. The summed E-state index contributed by atoms with van der Waals surface area (Å²) in [6, 6.07) is 15.1. The molecule has 0 unspecified atom stereocenters. The van der Waals surface area contributed by atoms with Crippen molar-refractivity contribution in [3.05, 3.63) is 54.1 Å². The van der Waals surface area contributed by atoms with Crippen LogP contribution in [-0.2, 0) is 9.59 Å². The van der Waals surface area contributed by atoms with Gasteiger partial charge in [-0.25, -0.2) is 0 Å². The summed E-state index contributed by atoms with van der Waals surface area (Å²) in [6.07, 6.45) is 0.218. The molecular formula is C21H24N2O4. The molecule has 2 amide bonds. The first-order valence-electron chi connectivity index (χ1n) is 9.05. The second kappa shape index (κ2) is 8.58. The molecule has 0 fully saturated rings. The molecule has 0 aliphatic carbocycles. The van der Waals surface area contributed by atoms with Gasteiger partial charge in [-0.2, -0.15) is 0 Å². The summed E-state index contributed by atoms with van der Waals surface area (Å²) in [4.78, 5) is 26.4. The Labute approximate surface area is 159 Å². The van der Waals surface area contributed by atoms with Gasteiger partial charge in [-0.15, -0.1) is 0 Å². The molecule has 0 aromatic heterocycles. The van der Waals surface area contributed by atoms with Gasteiger partial charge in [-0.1, -0.05) is 29.8 Å². The molecule has 0 saturated carbocycles. The molecule has 0 saturated heterocycles. The van der Waals surface area contributed by atoms with Gasteiger partial charge in [-0.3, -0.25) is 9.59 Å². The van der Waals surface area contributed by atoms with Crippen molar-refractivity contribution in [3.8, 4) is 11.5 Å². The third kappa shape index (κ3) is 4.58. The van der Waals surface area contributed by atoms with E-state index in [9.17, 15) is 9.59 Å². The Bertz CT molecular complexity index is 804. The van der Waals surface area contributed by atoms with Gasteiger partial charge in [-0.05, 0) is 37.6 Å². The first-order chi connectivity index (χ1) is 13.1. The second-order valence-corrected chi connectivity index (χ2v) is 6.46. The fourth-order valence-electron chi connectivity index (χ4n) is 2.95. The van der Waals surface area contributed by atoms with E-state index in [1.54, 1.807) is 18.0 Å². The van der Waals surface area contributed by atoms with Crippen LogP contribution < -0.4 is 19.7 Å². The van der Waals surface area contributed by atoms with E-state index in [1.165, 1.54) is 5.56 Å². The molecule has 3 rings (SSSR count). The van der Waals surface area contributed by atoms with Gasteiger partial charge in [0.05, 0.1) is 18.8 Å². The fraction of sp³-hybridized carbons (Fsp3) is 0.333. The lowest BCUT2D eigenvalue weighted by Gasteiger charge is -2.34. The Morgan fingerprint density at radius 3 is 2.67 bits per heavy atom. The van der Waals surface area contributed by atoms with Gasteiger partial charge in [0.1, 0.15) is 11.5 Å². The lowest BCUT2D eigenvalue weighted by Crippen LogP contribution is -2.50. The highest BCUT2D eigenvalue weighted by atomic mass is 16.5. The Morgan fingerprint density at radius 2 is 1.93 bits per heavy atom. The summed E-state index contributed by atoms with van der Waals surface area (Å²) in [6.45, 7) is 2.68. The summed E-state index contributed by atoms with van der Waals surface area (Å²) < 4.78 is 11.4. The maximum atomic E-state index is 12.8. The van der Waals surface area contributed by atoms with Gasteiger partial charge < -0.3 is 19.7 Å². The normalized spacial score (nSPS) is 15.5. The number of rotatable bonds is 6. The maximum absolute atomic E-state index is 12.8. The molecular weight excluding hydrogens is 344 g/mol. The monoisotopic (exact) mass is 368 g/mol. The maximum Gasteiger partial charge on any atom is 0.262 e. The number of nitrogens with zero attached hydrogens (tertiary/aromatic N) is 1. The van der Waals surface area contributed by atoms with E-state index < -0.39 is 6.10 Å². The molecule has 0 radical (unpaired) electrons. The molecule has 6 nitrogen and oxygen atoms in total. The van der Waals surface area contributed by atoms with Crippen molar-refractivity contribution in [2.24, 2.45) is 0 Å². The van der Waals surface area contributed by atoms with Gasteiger partial charge in [0.2, 0.25) is 5.91 Å². The molecule has 1 atom stereocenters. The van der Waals surface area contributed by atoms with E-state index in [2.05, 4.69) is 5.32 Å². The van der Waals surface area contributed by atoms with Crippen molar-refractivity contribution in [3.63, 3.8) is 0 Å². The van der Waals surface area contributed by atoms with Gasteiger partial charge >= 0.3 is 0 Å².